The topological polar surface area (TPSA) is 39.1 Å². The van der Waals surface area contributed by atoms with E-state index in [0.29, 0.717) is 6.04 Å². The maximum absolute atomic E-state index is 5.46. The number of hydrogen-bond donors (Lipinski definition) is 1. The average molecular weight is 287 g/mol. The molecule has 2 rings (SSSR count). The van der Waals surface area contributed by atoms with Gasteiger partial charge in [-0.15, -0.1) is 0 Å². The molecule has 0 aliphatic carbocycles. The van der Waals surface area contributed by atoms with E-state index in [9.17, 15) is 0 Å². The number of nitrogens with one attached hydrogen (secondary N) is 1. The second-order valence-electron chi connectivity index (χ2n) is 5.38. The Hall–Kier alpha value is -1.81. The standard InChI is InChI=1S/C17H25N3O/c1-5-18-15(12-16-10-13(2)19-20(16)3)11-14-8-6-7-9-17(14)21-4/h6-10,15,18H,5,11-12H2,1-4H3. The smallest absolute Gasteiger partial charge is 0.122 e. The second kappa shape index (κ2) is 7.27. The van der Waals surface area contributed by atoms with E-state index in [2.05, 4.69) is 35.5 Å². The van der Waals surface area contributed by atoms with Crippen molar-refractivity contribution in [3.8, 4) is 5.75 Å². The molecule has 0 aliphatic rings. The molecule has 1 atom stereocenters. The molecule has 0 saturated carbocycles. The van der Waals surface area contributed by atoms with E-state index in [1.807, 2.05) is 30.8 Å². The lowest BCUT2D eigenvalue weighted by Crippen LogP contribution is -2.33. The molecular formula is C17H25N3O. The zero-order valence-electron chi connectivity index (χ0n) is 13.4. The number of hydrogen-bond acceptors (Lipinski definition) is 3. The summed E-state index contributed by atoms with van der Waals surface area (Å²) in [7, 11) is 3.74. The summed E-state index contributed by atoms with van der Waals surface area (Å²) in [6.45, 7) is 5.13. The third-order valence-corrected chi connectivity index (χ3v) is 3.71. The molecule has 0 saturated heterocycles. The van der Waals surface area contributed by atoms with Crippen molar-refractivity contribution in [2.75, 3.05) is 13.7 Å². The van der Waals surface area contributed by atoms with Gasteiger partial charge in [0.25, 0.3) is 0 Å². The van der Waals surface area contributed by atoms with E-state index in [0.717, 1.165) is 30.8 Å². The highest BCUT2D eigenvalue weighted by molar-refractivity contribution is 5.34. The van der Waals surface area contributed by atoms with E-state index in [-0.39, 0.29) is 0 Å². The van der Waals surface area contributed by atoms with Crippen LogP contribution in [0.1, 0.15) is 23.9 Å². The van der Waals surface area contributed by atoms with E-state index < -0.39 is 0 Å². The van der Waals surface area contributed by atoms with Gasteiger partial charge < -0.3 is 10.1 Å². The maximum atomic E-state index is 5.46. The SMILES string of the molecule is CCNC(Cc1ccccc1OC)Cc1cc(C)nn1C. The van der Waals surface area contributed by atoms with Gasteiger partial charge in [-0.25, -0.2) is 0 Å². The number of methoxy groups -OCH3 is 1. The van der Waals surface area contributed by atoms with E-state index in [4.69, 9.17) is 4.74 Å². The summed E-state index contributed by atoms with van der Waals surface area (Å²) in [5.41, 5.74) is 3.57. The van der Waals surface area contributed by atoms with Gasteiger partial charge in [-0.05, 0) is 37.6 Å². The largest absolute Gasteiger partial charge is 0.496 e. The molecule has 2 aromatic rings. The minimum Gasteiger partial charge on any atom is -0.496 e. The van der Waals surface area contributed by atoms with Gasteiger partial charge in [-0.3, -0.25) is 4.68 Å². The Morgan fingerprint density at radius 3 is 2.67 bits per heavy atom. The first kappa shape index (κ1) is 15.6. The van der Waals surface area contributed by atoms with Crippen LogP contribution in [-0.4, -0.2) is 29.5 Å². The monoisotopic (exact) mass is 287 g/mol. The van der Waals surface area contributed by atoms with Crippen LogP contribution in [0.2, 0.25) is 0 Å². The fraction of sp³-hybridized carbons (Fsp3) is 0.471. The van der Waals surface area contributed by atoms with Gasteiger partial charge in [0.15, 0.2) is 0 Å². The number of para-hydroxylation sites is 1. The van der Waals surface area contributed by atoms with Gasteiger partial charge in [-0.1, -0.05) is 25.1 Å². The lowest BCUT2D eigenvalue weighted by atomic mass is 10.0. The highest BCUT2D eigenvalue weighted by Crippen LogP contribution is 2.20. The van der Waals surface area contributed by atoms with E-state index in [1.165, 1.54) is 11.3 Å². The van der Waals surface area contributed by atoms with Crippen LogP contribution in [0.4, 0.5) is 0 Å². The van der Waals surface area contributed by atoms with Crippen LogP contribution < -0.4 is 10.1 Å². The summed E-state index contributed by atoms with van der Waals surface area (Å²) in [6, 6.07) is 10.8. The molecule has 4 heteroatoms. The number of aromatic nitrogens is 2. The highest BCUT2D eigenvalue weighted by atomic mass is 16.5. The number of likely N-dealkylation sites (N-methyl/N-ethyl adjacent to an activating group) is 1. The molecule has 1 aromatic carbocycles. The first-order chi connectivity index (χ1) is 10.1. The number of ether oxygens (including phenoxy) is 1. The number of nitrogens with zero attached hydrogens (tertiary/aromatic N) is 2. The first-order valence-corrected chi connectivity index (χ1v) is 7.48. The highest BCUT2D eigenvalue weighted by Gasteiger charge is 2.14. The van der Waals surface area contributed by atoms with Crippen LogP contribution in [0.5, 0.6) is 5.75 Å². The fourth-order valence-corrected chi connectivity index (χ4v) is 2.75. The van der Waals surface area contributed by atoms with Crippen LogP contribution in [0.15, 0.2) is 30.3 Å². The lowest BCUT2D eigenvalue weighted by Gasteiger charge is -2.19. The fourth-order valence-electron chi connectivity index (χ4n) is 2.75. The summed E-state index contributed by atoms with van der Waals surface area (Å²) >= 11 is 0. The van der Waals surface area contributed by atoms with Crippen molar-refractivity contribution < 1.29 is 4.74 Å². The molecule has 1 N–H and O–H groups in total. The summed E-state index contributed by atoms with van der Waals surface area (Å²) in [4.78, 5) is 0. The Morgan fingerprint density at radius 2 is 2.05 bits per heavy atom. The zero-order valence-corrected chi connectivity index (χ0v) is 13.4. The molecular weight excluding hydrogens is 262 g/mol. The number of aryl methyl sites for hydroxylation is 2. The van der Waals surface area contributed by atoms with Crippen molar-refractivity contribution in [3.63, 3.8) is 0 Å². The van der Waals surface area contributed by atoms with Crippen molar-refractivity contribution >= 4 is 0 Å². The molecule has 0 aliphatic heterocycles. The minimum atomic E-state index is 0.376. The lowest BCUT2D eigenvalue weighted by molar-refractivity contribution is 0.404. The first-order valence-electron chi connectivity index (χ1n) is 7.48. The zero-order chi connectivity index (χ0) is 15.2. The van der Waals surface area contributed by atoms with Gasteiger partial charge in [-0.2, -0.15) is 5.10 Å². The van der Waals surface area contributed by atoms with Crippen molar-refractivity contribution in [1.29, 1.82) is 0 Å². The van der Waals surface area contributed by atoms with Crippen molar-refractivity contribution in [3.05, 3.63) is 47.3 Å². The average Bonchev–Trinajstić information content (AvgIpc) is 2.77. The van der Waals surface area contributed by atoms with Crippen molar-refractivity contribution in [2.45, 2.75) is 32.7 Å². The maximum Gasteiger partial charge on any atom is 0.122 e. The molecule has 0 radical (unpaired) electrons. The second-order valence-corrected chi connectivity index (χ2v) is 5.38. The molecule has 1 aromatic heterocycles. The van der Waals surface area contributed by atoms with Crippen molar-refractivity contribution in [1.82, 2.24) is 15.1 Å². The van der Waals surface area contributed by atoms with Crippen LogP contribution in [0.25, 0.3) is 0 Å². The Bertz CT molecular complexity index is 577. The van der Waals surface area contributed by atoms with Crippen LogP contribution in [0, 0.1) is 6.92 Å². The van der Waals surface area contributed by atoms with Gasteiger partial charge in [0, 0.05) is 25.2 Å². The van der Waals surface area contributed by atoms with Crippen LogP contribution in [0.3, 0.4) is 0 Å². The van der Waals surface area contributed by atoms with Crippen LogP contribution in [-0.2, 0) is 19.9 Å². The van der Waals surface area contributed by atoms with E-state index >= 15 is 0 Å². The molecule has 4 nitrogen and oxygen atoms in total. The summed E-state index contributed by atoms with van der Waals surface area (Å²) in [5, 5.41) is 8.00. The van der Waals surface area contributed by atoms with E-state index in [1.54, 1.807) is 7.11 Å². The normalized spacial score (nSPS) is 12.4. The molecule has 0 bridgehead atoms. The number of rotatable bonds is 7. The predicted octanol–water partition coefficient (Wildman–Crippen LogP) is 2.50. The number of benzene rings is 1. The third kappa shape index (κ3) is 4.08. The molecule has 21 heavy (non-hydrogen) atoms. The van der Waals surface area contributed by atoms with Crippen LogP contribution >= 0.6 is 0 Å². The Balaban J connectivity index is 2.13. The van der Waals surface area contributed by atoms with Crippen molar-refractivity contribution in [2.24, 2.45) is 7.05 Å². The van der Waals surface area contributed by atoms with Gasteiger partial charge in [0.2, 0.25) is 0 Å². The summed E-state index contributed by atoms with van der Waals surface area (Å²) in [6.07, 6.45) is 1.91. The Labute approximate surface area is 127 Å². The molecule has 1 heterocycles. The van der Waals surface area contributed by atoms with Gasteiger partial charge in [0.1, 0.15) is 5.75 Å². The minimum absolute atomic E-state index is 0.376. The van der Waals surface area contributed by atoms with Gasteiger partial charge >= 0.3 is 0 Å². The summed E-state index contributed by atoms with van der Waals surface area (Å²) in [5.74, 6) is 0.960. The predicted molar refractivity (Wildman–Crippen MR) is 85.8 cm³/mol. The molecule has 0 fully saturated rings. The molecule has 114 valence electrons. The summed E-state index contributed by atoms with van der Waals surface area (Å²) < 4.78 is 7.43. The van der Waals surface area contributed by atoms with Gasteiger partial charge in [0.05, 0.1) is 12.8 Å². The molecule has 1 unspecified atom stereocenters. The third-order valence-electron chi connectivity index (χ3n) is 3.71. The molecule has 0 amide bonds. The Kier molecular flexibility index (Phi) is 5.39. The Morgan fingerprint density at radius 1 is 1.29 bits per heavy atom. The molecule has 0 spiro atoms. The quantitative estimate of drug-likeness (QED) is 0.850.